The number of likely N-dealkylation sites (tertiary alicyclic amines) is 1. The summed E-state index contributed by atoms with van der Waals surface area (Å²) in [6, 6.07) is 0.783. The van der Waals surface area contributed by atoms with Gasteiger partial charge in [-0.15, -0.1) is 0 Å². The molecule has 2 nitrogen and oxygen atoms in total. The summed E-state index contributed by atoms with van der Waals surface area (Å²) in [5, 5.41) is 0. The Labute approximate surface area is 75.1 Å². The lowest BCUT2D eigenvalue weighted by molar-refractivity contribution is 0.141. The lowest BCUT2D eigenvalue weighted by atomic mass is 9.77. The SMILES string of the molecule is CC1CCCN1CC1(N)CCC1. The molecule has 1 atom stereocenters. The zero-order valence-electron chi connectivity index (χ0n) is 8.05. The maximum atomic E-state index is 6.20. The second-order valence-electron chi connectivity index (χ2n) is 4.68. The molecule has 0 spiro atoms. The maximum Gasteiger partial charge on any atom is 0.0283 e. The van der Waals surface area contributed by atoms with Crippen molar-refractivity contribution in [2.24, 2.45) is 5.73 Å². The van der Waals surface area contributed by atoms with Gasteiger partial charge in [0.2, 0.25) is 0 Å². The lowest BCUT2D eigenvalue weighted by Gasteiger charge is -2.42. The van der Waals surface area contributed by atoms with Crippen molar-refractivity contribution in [3.63, 3.8) is 0 Å². The van der Waals surface area contributed by atoms with Crippen LogP contribution in [0.1, 0.15) is 39.0 Å². The fourth-order valence-electron chi connectivity index (χ4n) is 2.42. The Morgan fingerprint density at radius 3 is 2.58 bits per heavy atom. The Morgan fingerprint density at radius 2 is 2.17 bits per heavy atom. The highest BCUT2D eigenvalue weighted by atomic mass is 15.2. The Hall–Kier alpha value is -0.0800. The van der Waals surface area contributed by atoms with E-state index in [0.717, 1.165) is 12.6 Å². The number of hydrogen-bond acceptors (Lipinski definition) is 2. The molecule has 1 aliphatic carbocycles. The Morgan fingerprint density at radius 1 is 1.42 bits per heavy atom. The van der Waals surface area contributed by atoms with Crippen molar-refractivity contribution >= 4 is 0 Å². The van der Waals surface area contributed by atoms with E-state index >= 15 is 0 Å². The lowest BCUT2D eigenvalue weighted by Crippen LogP contribution is -2.55. The smallest absolute Gasteiger partial charge is 0.0283 e. The van der Waals surface area contributed by atoms with Gasteiger partial charge in [0.15, 0.2) is 0 Å². The van der Waals surface area contributed by atoms with E-state index < -0.39 is 0 Å². The standard InChI is InChI=1S/C10H20N2/c1-9-4-2-7-12(9)8-10(11)5-3-6-10/h9H,2-8,11H2,1H3. The van der Waals surface area contributed by atoms with Crippen LogP contribution < -0.4 is 5.73 Å². The summed E-state index contributed by atoms with van der Waals surface area (Å²) in [6.45, 7) is 4.75. The second kappa shape index (κ2) is 3.00. The minimum absolute atomic E-state index is 0.193. The zero-order chi connectivity index (χ0) is 8.60. The molecule has 1 heterocycles. The molecule has 1 saturated heterocycles. The van der Waals surface area contributed by atoms with Crippen molar-refractivity contribution in [2.75, 3.05) is 13.1 Å². The molecule has 70 valence electrons. The highest BCUT2D eigenvalue weighted by molar-refractivity contribution is 4.96. The van der Waals surface area contributed by atoms with Gasteiger partial charge in [-0.2, -0.15) is 0 Å². The minimum atomic E-state index is 0.193. The van der Waals surface area contributed by atoms with Gasteiger partial charge >= 0.3 is 0 Å². The van der Waals surface area contributed by atoms with E-state index in [0.29, 0.717) is 0 Å². The van der Waals surface area contributed by atoms with Gasteiger partial charge in [0.05, 0.1) is 0 Å². The van der Waals surface area contributed by atoms with Crippen LogP contribution in [0.25, 0.3) is 0 Å². The summed E-state index contributed by atoms with van der Waals surface area (Å²) in [4.78, 5) is 2.57. The number of nitrogens with two attached hydrogens (primary N) is 1. The van der Waals surface area contributed by atoms with Crippen molar-refractivity contribution < 1.29 is 0 Å². The summed E-state index contributed by atoms with van der Waals surface area (Å²) in [6.07, 6.45) is 6.58. The molecular formula is C10H20N2. The molecule has 0 bridgehead atoms. The predicted octanol–water partition coefficient (Wildman–Crippen LogP) is 1.35. The minimum Gasteiger partial charge on any atom is -0.324 e. The van der Waals surface area contributed by atoms with Crippen LogP contribution in [0.15, 0.2) is 0 Å². The van der Waals surface area contributed by atoms with Gasteiger partial charge in [-0.25, -0.2) is 0 Å². The van der Waals surface area contributed by atoms with Crippen LogP contribution in [0.5, 0.6) is 0 Å². The van der Waals surface area contributed by atoms with Gasteiger partial charge in [0.1, 0.15) is 0 Å². The quantitative estimate of drug-likeness (QED) is 0.674. The van der Waals surface area contributed by atoms with Crippen LogP contribution in [0.3, 0.4) is 0 Å². The highest BCUT2D eigenvalue weighted by Crippen LogP contribution is 2.31. The Bertz CT molecular complexity index is 163. The number of hydrogen-bond donors (Lipinski definition) is 1. The number of rotatable bonds is 2. The zero-order valence-corrected chi connectivity index (χ0v) is 8.05. The van der Waals surface area contributed by atoms with Crippen molar-refractivity contribution in [1.82, 2.24) is 4.90 Å². The van der Waals surface area contributed by atoms with Crippen molar-refractivity contribution in [1.29, 1.82) is 0 Å². The van der Waals surface area contributed by atoms with Gasteiger partial charge in [-0.1, -0.05) is 0 Å². The van der Waals surface area contributed by atoms with E-state index in [1.54, 1.807) is 0 Å². The van der Waals surface area contributed by atoms with Gasteiger partial charge in [0.25, 0.3) is 0 Å². The fraction of sp³-hybridized carbons (Fsp3) is 1.00. The van der Waals surface area contributed by atoms with E-state index in [1.165, 1.54) is 38.6 Å². The van der Waals surface area contributed by atoms with E-state index in [-0.39, 0.29) is 5.54 Å². The molecule has 1 saturated carbocycles. The summed E-state index contributed by atoms with van der Waals surface area (Å²) in [5.74, 6) is 0. The van der Waals surface area contributed by atoms with Crippen molar-refractivity contribution in [2.45, 2.75) is 50.6 Å². The van der Waals surface area contributed by atoms with E-state index in [4.69, 9.17) is 5.73 Å². The van der Waals surface area contributed by atoms with Crippen LogP contribution in [0.2, 0.25) is 0 Å². The molecule has 0 amide bonds. The van der Waals surface area contributed by atoms with Crippen LogP contribution in [-0.4, -0.2) is 29.6 Å². The summed E-state index contributed by atoms with van der Waals surface area (Å²) < 4.78 is 0. The monoisotopic (exact) mass is 168 g/mol. The number of nitrogens with zero attached hydrogens (tertiary/aromatic N) is 1. The average Bonchev–Trinajstić information content (AvgIpc) is 2.34. The van der Waals surface area contributed by atoms with Crippen molar-refractivity contribution in [3.8, 4) is 0 Å². The topological polar surface area (TPSA) is 29.3 Å². The van der Waals surface area contributed by atoms with Gasteiger partial charge in [-0.3, -0.25) is 4.90 Å². The predicted molar refractivity (Wildman–Crippen MR) is 51.0 cm³/mol. The molecule has 2 rings (SSSR count). The first kappa shape index (κ1) is 8.52. The molecule has 1 unspecified atom stereocenters. The van der Waals surface area contributed by atoms with Gasteiger partial charge in [0, 0.05) is 18.1 Å². The molecule has 2 fully saturated rings. The normalized spacial score (nSPS) is 35.0. The van der Waals surface area contributed by atoms with E-state index in [9.17, 15) is 0 Å². The molecule has 2 heteroatoms. The van der Waals surface area contributed by atoms with Crippen LogP contribution in [-0.2, 0) is 0 Å². The largest absolute Gasteiger partial charge is 0.324 e. The molecular weight excluding hydrogens is 148 g/mol. The molecule has 0 aromatic heterocycles. The molecule has 0 aromatic rings. The molecule has 2 aliphatic rings. The summed E-state index contributed by atoms with van der Waals surface area (Å²) in [7, 11) is 0. The van der Waals surface area contributed by atoms with Crippen LogP contribution in [0.4, 0.5) is 0 Å². The van der Waals surface area contributed by atoms with Crippen molar-refractivity contribution in [3.05, 3.63) is 0 Å². The maximum absolute atomic E-state index is 6.20. The highest BCUT2D eigenvalue weighted by Gasteiger charge is 2.36. The van der Waals surface area contributed by atoms with E-state index in [2.05, 4.69) is 11.8 Å². The third-order valence-corrected chi connectivity index (χ3v) is 3.56. The fourth-order valence-corrected chi connectivity index (χ4v) is 2.42. The molecule has 0 radical (unpaired) electrons. The van der Waals surface area contributed by atoms with Gasteiger partial charge < -0.3 is 5.73 Å². The third kappa shape index (κ3) is 1.50. The average molecular weight is 168 g/mol. The Kier molecular flexibility index (Phi) is 2.13. The Balaban J connectivity index is 1.85. The van der Waals surface area contributed by atoms with Gasteiger partial charge in [-0.05, 0) is 45.6 Å². The third-order valence-electron chi connectivity index (χ3n) is 3.56. The van der Waals surface area contributed by atoms with Crippen LogP contribution >= 0.6 is 0 Å². The molecule has 12 heavy (non-hydrogen) atoms. The first-order chi connectivity index (χ1) is 5.70. The van der Waals surface area contributed by atoms with Crippen LogP contribution in [0, 0.1) is 0 Å². The summed E-state index contributed by atoms with van der Waals surface area (Å²) in [5.41, 5.74) is 6.40. The second-order valence-corrected chi connectivity index (χ2v) is 4.68. The molecule has 1 aliphatic heterocycles. The molecule has 2 N–H and O–H groups in total. The summed E-state index contributed by atoms with van der Waals surface area (Å²) >= 11 is 0. The first-order valence-electron chi connectivity index (χ1n) is 5.23. The van der Waals surface area contributed by atoms with E-state index in [1.807, 2.05) is 0 Å². The first-order valence-corrected chi connectivity index (χ1v) is 5.23. The molecule has 0 aromatic carbocycles.